The summed E-state index contributed by atoms with van der Waals surface area (Å²) in [5, 5.41) is 0. The summed E-state index contributed by atoms with van der Waals surface area (Å²) in [6.07, 6.45) is 6.33. The highest BCUT2D eigenvalue weighted by Gasteiger charge is 2.43. The van der Waals surface area contributed by atoms with Gasteiger partial charge in [0.1, 0.15) is 0 Å². The van der Waals surface area contributed by atoms with Crippen molar-refractivity contribution in [2.75, 3.05) is 0 Å². The second-order valence-corrected chi connectivity index (χ2v) is 5.21. The normalized spacial score (nSPS) is 17.1. The van der Waals surface area contributed by atoms with Gasteiger partial charge in [-0.05, 0) is 30.7 Å². The number of hydrogen-bond donors (Lipinski definition) is 1. The molecule has 1 saturated carbocycles. The van der Waals surface area contributed by atoms with E-state index in [9.17, 15) is 4.79 Å². The molecule has 1 aliphatic rings. The van der Waals surface area contributed by atoms with Crippen molar-refractivity contribution < 1.29 is 0 Å². The smallest absolute Gasteiger partial charge is 0.347 e. The second kappa shape index (κ2) is 3.97. The minimum atomic E-state index is -0.195. The van der Waals surface area contributed by atoms with Crippen molar-refractivity contribution in [2.45, 2.75) is 32.7 Å². The predicted octanol–water partition coefficient (Wildman–Crippen LogP) is 1.01. The quantitative estimate of drug-likeness (QED) is 0.794. The molecule has 16 heavy (non-hydrogen) atoms. The molecule has 1 heterocycles. The Morgan fingerprint density at radius 3 is 2.94 bits per heavy atom. The van der Waals surface area contributed by atoms with Gasteiger partial charge in [0.15, 0.2) is 0 Å². The molecule has 86 valence electrons. The SMILES string of the molecule is Cc1cnc(=O)n(CC2(CC(N)=S)CC2)c1. The van der Waals surface area contributed by atoms with E-state index in [1.54, 1.807) is 10.8 Å². The highest BCUT2D eigenvalue weighted by Crippen LogP contribution is 2.49. The lowest BCUT2D eigenvalue weighted by atomic mass is 10.0. The number of thiocarbonyl (C=S) groups is 1. The van der Waals surface area contributed by atoms with Crippen LogP contribution in [0.5, 0.6) is 0 Å². The third-order valence-corrected chi connectivity index (χ3v) is 3.14. The lowest BCUT2D eigenvalue weighted by Crippen LogP contribution is -2.28. The number of nitrogens with two attached hydrogens (primary N) is 1. The van der Waals surface area contributed by atoms with Crippen LogP contribution < -0.4 is 11.4 Å². The van der Waals surface area contributed by atoms with Crippen LogP contribution in [0.4, 0.5) is 0 Å². The van der Waals surface area contributed by atoms with Gasteiger partial charge in [-0.2, -0.15) is 0 Å². The molecule has 0 radical (unpaired) electrons. The minimum Gasteiger partial charge on any atom is -0.393 e. The van der Waals surface area contributed by atoms with Gasteiger partial charge in [-0.15, -0.1) is 0 Å². The molecule has 5 heteroatoms. The summed E-state index contributed by atoms with van der Waals surface area (Å²) >= 11 is 4.93. The third-order valence-electron chi connectivity index (χ3n) is 3.00. The Balaban J connectivity index is 2.18. The molecular formula is C11H15N3OS. The Kier molecular flexibility index (Phi) is 2.80. The van der Waals surface area contributed by atoms with E-state index in [4.69, 9.17) is 18.0 Å². The molecular weight excluding hydrogens is 222 g/mol. The van der Waals surface area contributed by atoms with E-state index in [0.29, 0.717) is 11.5 Å². The monoisotopic (exact) mass is 237 g/mol. The molecule has 2 N–H and O–H groups in total. The van der Waals surface area contributed by atoms with Crippen molar-refractivity contribution in [1.82, 2.24) is 9.55 Å². The molecule has 0 aromatic carbocycles. The number of nitrogens with zero attached hydrogens (tertiary/aromatic N) is 2. The molecule has 2 rings (SSSR count). The van der Waals surface area contributed by atoms with E-state index >= 15 is 0 Å². The Morgan fingerprint density at radius 2 is 2.38 bits per heavy atom. The molecule has 0 amide bonds. The maximum absolute atomic E-state index is 11.6. The largest absolute Gasteiger partial charge is 0.393 e. The summed E-state index contributed by atoms with van der Waals surface area (Å²) < 4.78 is 1.67. The molecule has 4 nitrogen and oxygen atoms in total. The topological polar surface area (TPSA) is 60.9 Å². The number of aromatic nitrogens is 2. The standard InChI is InChI=1S/C11H15N3OS/c1-8-5-13-10(15)14(6-8)7-11(2-3-11)4-9(12)16/h5-6H,2-4,7H2,1H3,(H2,12,16). The number of aryl methyl sites for hydroxylation is 1. The van der Waals surface area contributed by atoms with Gasteiger partial charge in [0.05, 0.1) is 4.99 Å². The highest BCUT2D eigenvalue weighted by molar-refractivity contribution is 7.80. The molecule has 0 atom stereocenters. The van der Waals surface area contributed by atoms with Gasteiger partial charge >= 0.3 is 5.69 Å². The molecule has 0 saturated heterocycles. The average molecular weight is 237 g/mol. The maximum Gasteiger partial charge on any atom is 0.347 e. The van der Waals surface area contributed by atoms with Gasteiger partial charge in [0, 0.05) is 25.4 Å². The summed E-state index contributed by atoms with van der Waals surface area (Å²) in [6.45, 7) is 2.61. The van der Waals surface area contributed by atoms with Crippen molar-refractivity contribution in [3.8, 4) is 0 Å². The Labute approximate surface area is 99.5 Å². The Hall–Kier alpha value is -1.23. The van der Waals surface area contributed by atoms with Crippen LogP contribution in [0.25, 0.3) is 0 Å². The molecule has 1 aliphatic carbocycles. The Morgan fingerprint density at radius 1 is 1.69 bits per heavy atom. The predicted molar refractivity (Wildman–Crippen MR) is 66.3 cm³/mol. The fourth-order valence-electron chi connectivity index (χ4n) is 1.98. The molecule has 0 aliphatic heterocycles. The van der Waals surface area contributed by atoms with Crippen molar-refractivity contribution in [3.05, 3.63) is 28.4 Å². The van der Waals surface area contributed by atoms with Crippen molar-refractivity contribution in [3.63, 3.8) is 0 Å². The molecule has 0 spiro atoms. The zero-order chi connectivity index (χ0) is 11.8. The summed E-state index contributed by atoms with van der Waals surface area (Å²) in [7, 11) is 0. The first kappa shape index (κ1) is 11.3. The van der Waals surface area contributed by atoms with E-state index in [-0.39, 0.29) is 11.1 Å². The van der Waals surface area contributed by atoms with Gasteiger partial charge in [-0.1, -0.05) is 12.2 Å². The van der Waals surface area contributed by atoms with Crippen LogP contribution in [-0.2, 0) is 6.54 Å². The summed E-state index contributed by atoms with van der Waals surface area (Å²) in [5.74, 6) is 0. The minimum absolute atomic E-state index is 0.116. The van der Waals surface area contributed by atoms with Gasteiger partial charge in [0.25, 0.3) is 0 Å². The summed E-state index contributed by atoms with van der Waals surface area (Å²) in [6, 6.07) is 0. The van der Waals surface area contributed by atoms with Gasteiger partial charge in [0.2, 0.25) is 0 Å². The summed E-state index contributed by atoms with van der Waals surface area (Å²) in [4.78, 5) is 15.9. The first-order chi connectivity index (χ1) is 7.51. The lowest BCUT2D eigenvalue weighted by Gasteiger charge is -2.15. The highest BCUT2D eigenvalue weighted by atomic mass is 32.1. The molecule has 1 aromatic heterocycles. The van der Waals surface area contributed by atoms with E-state index in [1.807, 2.05) is 13.1 Å². The lowest BCUT2D eigenvalue weighted by molar-refractivity contribution is 0.424. The van der Waals surface area contributed by atoms with Crippen LogP contribution in [0.2, 0.25) is 0 Å². The van der Waals surface area contributed by atoms with Crippen LogP contribution >= 0.6 is 12.2 Å². The zero-order valence-electron chi connectivity index (χ0n) is 9.27. The van der Waals surface area contributed by atoms with E-state index in [2.05, 4.69) is 4.98 Å². The Bertz CT molecular complexity index is 476. The van der Waals surface area contributed by atoms with Crippen LogP contribution in [0.15, 0.2) is 17.2 Å². The van der Waals surface area contributed by atoms with Crippen LogP contribution in [-0.4, -0.2) is 14.5 Å². The van der Waals surface area contributed by atoms with Crippen molar-refractivity contribution in [1.29, 1.82) is 0 Å². The van der Waals surface area contributed by atoms with Crippen LogP contribution in [0, 0.1) is 12.3 Å². The van der Waals surface area contributed by atoms with Gasteiger partial charge in [-0.25, -0.2) is 9.78 Å². The second-order valence-electron chi connectivity index (χ2n) is 4.68. The van der Waals surface area contributed by atoms with Crippen LogP contribution in [0.3, 0.4) is 0 Å². The molecule has 0 unspecified atom stereocenters. The fraction of sp³-hybridized carbons (Fsp3) is 0.545. The fourth-order valence-corrected chi connectivity index (χ4v) is 2.28. The third kappa shape index (κ3) is 2.47. The maximum atomic E-state index is 11.6. The van der Waals surface area contributed by atoms with Gasteiger partial charge in [-0.3, -0.25) is 4.57 Å². The summed E-state index contributed by atoms with van der Waals surface area (Å²) in [5.41, 5.74) is 6.48. The molecule has 0 bridgehead atoms. The van der Waals surface area contributed by atoms with Crippen molar-refractivity contribution in [2.24, 2.45) is 11.1 Å². The van der Waals surface area contributed by atoms with Crippen molar-refractivity contribution >= 4 is 17.2 Å². The van der Waals surface area contributed by atoms with Gasteiger partial charge < -0.3 is 5.73 Å². The number of rotatable bonds is 4. The van der Waals surface area contributed by atoms with E-state index in [0.717, 1.165) is 24.8 Å². The molecule has 1 aromatic rings. The first-order valence-electron chi connectivity index (χ1n) is 5.32. The average Bonchev–Trinajstić information content (AvgIpc) is 2.90. The van der Waals surface area contributed by atoms with Crippen LogP contribution in [0.1, 0.15) is 24.8 Å². The van der Waals surface area contributed by atoms with E-state index in [1.165, 1.54) is 0 Å². The van der Waals surface area contributed by atoms with E-state index < -0.39 is 0 Å². The first-order valence-corrected chi connectivity index (χ1v) is 5.73. The zero-order valence-corrected chi connectivity index (χ0v) is 10.1. The molecule has 1 fully saturated rings. The number of hydrogen-bond acceptors (Lipinski definition) is 3.